The topological polar surface area (TPSA) is 26.0 Å². The van der Waals surface area contributed by atoms with Crippen LogP contribution in [-0.2, 0) is 0 Å². The van der Waals surface area contributed by atoms with E-state index in [9.17, 15) is 0 Å². The van der Waals surface area contributed by atoms with Gasteiger partial charge in [-0.15, -0.1) is 0 Å². The van der Waals surface area contributed by atoms with Gasteiger partial charge in [0, 0.05) is 11.6 Å². The smallest absolute Gasteiger partial charge is 0.364 e. The Morgan fingerprint density at radius 2 is 1.92 bits per heavy atom. The van der Waals surface area contributed by atoms with Crippen molar-refractivity contribution in [2.75, 3.05) is 0 Å². The van der Waals surface area contributed by atoms with Gasteiger partial charge in [-0.1, -0.05) is 29.4 Å². The molecule has 1 aromatic heterocycles. The highest BCUT2D eigenvalue weighted by atomic mass is 79.9. The number of halogens is 1. The summed E-state index contributed by atoms with van der Waals surface area (Å²) in [4.78, 5) is 0. The van der Waals surface area contributed by atoms with Crippen molar-refractivity contribution in [3.05, 3.63) is 36.6 Å². The third kappa shape index (κ3) is 2.13. The van der Waals surface area contributed by atoms with Crippen molar-refractivity contribution in [2.45, 2.75) is 0 Å². The van der Waals surface area contributed by atoms with Gasteiger partial charge in [-0.25, -0.2) is 0 Å². The van der Waals surface area contributed by atoms with E-state index in [2.05, 4.69) is 42.3 Å². The highest BCUT2D eigenvalue weighted by molar-refractivity contribution is 9.23. The monoisotopic (exact) mass is 247 g/mol. The number of benzene rings is 1. The third-order valence-electron chi connectivity index (χ3n) is 1.84. The van der Waals surface area contributed by atoms with E-state index >= 15 is 0 Å². The molecule has 1 heterocycles. The molecule has 0 radical (unpaired) electrons. The SMILES string of the molecule is [Br][Mg][c]1ccc(-c2ccon2)cc1. The summed E-state index contributed by atoms with van der Waals surface area (Å²) in [6.07, 6.45) is 1.59. The Labute approximate surface area is 91.9 Å². The zero-order valence-electron chi connectivity index (χ0n) is 6.90. The van der Waals surface area contributed by atoms with E-state index in [0.29, 0.717) is 0 Å². The van der Waals surface area contributed by atoms with E-state index < -0.39 is 0 Å². The fraction of sp³-hybridized carbons (Fsp3) is 0. The highest BCUT2D eigenvalue weighted by Crippen LogP contribution is 2.14. The van der Waals surface area contributed by atoms with Crippen LogP contribution in [0, 0.1) is 0 Å². The van der Waals surface area contributed by atoms with Crippen molar-refractivity contribution in [2.24, 2.45) is 0 Å². The molecular weight excluding hydrogens is 242 g/mol. The lowest BCUT2D eigenvalue weighted by Gasteiger charge is -1.97. The van der Waals surface area contributed by atoms with Crippen LogP contribution in [-0.4, -0.2) is 23.3 Å². The van der Waals surface area contributed by atoms with Crippen LogP contribution in [0.15, 0.2) is 41.1 Å². The zero-order chi connectivity index (χ0) is 9.10. The van der Waals surface area contributed by atoms with Gasteiger partial charge in [-0.2, -0.15) is 3.69 Å². The molecule has 0 aliphatic carbocycles. The zero-order valence-corrected chi connectivity index (χ0v) is 9.90. The average molecular weight is 248 g/mol. The Bertz CT molecular complexity index is 371. The largest absolute Gasteiger partial charge is 0.506 e. The van der Waals surface area contributed by atoms with Crippen molar-refractivity contribution >= 4 is 34.8 Å². The normalized spacial score (nSPS) is 9.62. The predicted octanol–water partition coefficient (Wildman–Crippen LogP) is 1.98. The van der Waals surface area contributed by atoms with Gasteiger partial charge in [-0.3, -0.25) is 12.9 Å². The van der Waals surface area contributed by atoms with E-state index in [1.54, 1.807) is 6.26 Å². The first-order valence-corrected chi connectivity index (χ1v) is 8.56. The maximum Gasteiger partial charge on any atom is 0.506 e. The highest BCUT2D eigenvalue weighted by Gasteiger charge is 2.00. The summed E-state index contributed by atoms with van der Waals surface area (Å²) >= 11 is 3.31. The van der Waals surface area contributed by atoms with Crippen molar-refractivity contribution in [1.82, 2.24) is 5.16 Å². The minimum absolute atomic E-state index is 0.223. The first-order valence-electron chi connectivity index (χ1n) is 3.96. The van der Waals surface area contributed by atoms with Crippen LogP contribution in [0.3, 0.4) is 0 Å². The third-order valence-corrected chi connectivity index (χ3v) is 4.56. The summed E-state index contributed by atoms with van der Waals surface area (Å²) in [5, 5.41) is 3.87. The maximum absolute atomic E-state index is 4.77. The molecule has 2 aromatic rings. The van der Waals surface area contributed by atoms with E-state index in [4.69, 9.17) is 4.52 Å². The molecule has 0 bridgehead atoms. The molecular formula is C9H6BrMgNO. The molecule has 0 saturated carbocycles. The van der Waals surface area contributed by atoms with Crippen LogP contribution in [0.4, 0.5) is 0 Å². The molecule has 0 aliphatic rings. The Morgan fingerprint density at radius 1 is 1.15 bits per heavy atom. The minimum atomic E-state index is -0.223. The molecule has 2 nitrogen and oxygen atoms in total. The summed E-state index contributed by atoms with van der Waals surface area (Å²) in [5.74, 6) is 0. The average Bonchev–Trinajstić information content (AvgIpc) is 2.71. The maximum atomic E-state index is 4.77. The first kappa shape index (κ1) is 9.24. The lowest BCUT2D eigenvalue weighted by molar-refractivity contribution is 0.422. The molecule has 13 heavy (non-hydrogen) atoms. The number of hydrogen-bond acceptors (Lipinski definition) is 2. The number of hydrogen-bond donors (Lipinski definition) is 0. The number of nitrogens with zero attached hydrogens (tertiary/aromatic N) is 1. The van der Waals surface area contributed by atoms with Gasteiger partial charge in [0.1, 0.15) is 12.0 Å². The summed E-state index contributed by atoms with van der Waals surface area (Å²) < 4.78 is 6.17. The Morgan fingerprint density at radius 3 is 2.46 bits per heavy atom. The van der Waals surface area contributed by atoms with Crippen LogP contribution in [0.1, 0.15) is 0 Å². The van der Waals surface area contributed by atoms with E-state index in [1.165, 1.54) is 3.69 Å². The fourth-order valence-corrected chi connectivity index (χ4v) is 2.66. The summed E-state index contributed by atoms with van der Waals surface area (Å²) in [6.45, 7) is 0. The number of rotatable bonds is 2. The summed E-state index contributed by atoms with van der Waals surface area (Å²) in [6, 6.07) is 10.3. The lowest BCUT2D eigenvalue weighted by Crippen LogP contribution is -2.06. The van der Waals surface area contributed by atoms with E-state index in [-0.39, 0.29) is 18.2 Å². The standard InChI is InChI=1S/C9H6NO.BrH.Mg/c1-2-4-8(5-3-1)9-6-7-11-10-9;;/h2-7H;1H;/q;;+1/p-1. The second-order valence-corrected chi connectivity index (χ2v) is 5.48. The van der Waals surface area contributed by atoms with Crippen LogP contribution in [0.25, 0.3) is 11.3 Å². The first-order chi connectivity index (χ1) is 6.40. The lowest BCUT2D eigenvalue weighted by atomic mass is 10.2. The molecule has 0 saturated heterocycles. The summed E-state index contributed by atoms with van der Waals surface area (Å²) in [7, 11) is 0. The van der Waals surface area contributed by atoms with Gasteiger partial charge in [0.2, 0.25) is 0 Å². The Kier molecular flexibility index (Phi) is 3.03. The summed E-state index contributed by atoms with van der Waals surface area (Å²) in [5.41, 5.74) is 2.00. The molecule has 4 heteroatoms. The van der Waals surface area contributed by atoms with Crippen LogP contribution in [0.5, 0.6) is 0 Å². The van der Waals surface area contributed by atoms with Crippen LogP contribution >= 0.6 is 12.9 Å². The van der Waals surface area contributed by atoms with Gasteiger partial charge in [0.15, 0.2) is 0 Å². The molecule has 0 fully saturated rings. The molecule has 2 rings (SSSR count). The quantitative estimate of drug-likeness (QED) is 0.760. The molecule has 0 N–H and O–H groups in total. The van der Waals surface area contributed by atoms with Gasteiger partial charge < -0.3 is 4.52 Å². The molecule has 0 spiro atoms. The number of aromatic nitrogens is 1. The minimum Gasteiger partial charge on any atom is -0.364 e. The Balaban J connectivity index is 2.33. The molecule has 0 unspecified atom stereocenters. The van der Waals surface area contributed by atoms with Gasteiger partial charge >= 0.3 is 18.2 Å². The van der Waals surface area contributed by atoms with Crippen molar-refractivity contribution in [3.8, 4) is 11.3 Å². The van der Waals surface area contributed by atoms with Gasteiger partial charge in [0.05, 0.1) is 0 Å². The molecule has 62 valence electrons. The van der Waals surface area contributed by atoms with Crippen LogP contribution in [0.2, 0.25) is 0 Å². The molecule has 0 atom stereocenters. The van der Waals surface area contributed by atoms with E-state index in [1.807, 2.05) is 6.07 Å². The molecule has 0 amide bonds. The van der Waals surface area contributed by atoms with Gasteiger partial charge in [-0.05, 0) is 0 Å². The van der Waals surface area contributed by atoms with Gasteiger partial charge in [0.25, 0.3) is 0 Å². The predicted molar refractivity (Wildman–Crippen MR) is 56.3 cm³/mol. The fourth-order valence-electron chi connectivity index (χ4n) is 1.13. The Hall–Kier alpha value is -0.324. The second-order valence-electron chi connectivity index (χ2n) is 2.72. The molecule has 0 aliphatic heterocycles. The van der Waals surface area contributed by atoms with E-state index in [0.717, 1.165) is 11.3 Å². The van der Waals surface area contributed by atoms with Crippen LogP contribution < -0.4 is 3.69 Å². The molecule has 1 aromatic carbocycles. The van der Waals surface area contributed by atoms with Crippen molar-refractivity contribution in [3.63, 3.8) is 0 Å². The second kappa shape index (κ2) is 4.26. The van der Waals surface area contributed by atoms with Crippen molar-refractivity contribution < 1.29 is 4.52 Å². The van der Waals surface area contributed by atoms with Crippen molar-refractivity contribution in [1.29, 1.82) is 0 Å².